The number of nitrogens with two attached hydrogens (primary N) is 1. The molecule has 1 aromatic carbocycles. The zero-order valence-corrected chi connectivity index (χ0v) is 10.3. The van der Waals surface area contributed by atoms with Crippen LogP contribution in [0.1, 0.15) is 18.9 Å². The van der Waals surface area contributed by atoms with Gasteiger partial charge in [-0.3, -0.25) is 4.79 Å². The molecule has 0 aromatic heterocycles. The van der Waals surface area contributed by atoms with E-state index in [4.69, 9.17) is 5.73 Å². The predicted octanol–water partition coefficient (Wildman–Crippen LogP) is 1.64. The number of carbonyl (C=O) groups excluding carboxylic acids is 1. The summed E-state index contributed by atoms with van der Waals surface area (Å²) in [6.07, 6.45) is 1.48. The van der Waals surface area contributed by atoms with Crippen molar-refractivity contribution in [2.24, 2.45) is 5.73 Å². The molecule has 1 aromatic rings. The number of hydrogen-bond donors (Lipinski definition) is 2. The number of nitrogens with one attached hydrogen (secondary N) is 1. The van der Waals surface area contributed by atoms with Gasteiger partial charge in [0.1, 0.15) is 0 Å². The monoisotopic (exact) mass is 232 g/mol. The summed E-state index contributed by atoms with van der Waals surface area (Å²) >= 11 is 0. The Bertz CT molecular complexity index is 373. The maximum Gasteiger partial charge on any atom is 0.237 e. The lowest BCUT2D eigenvalue weighted by atomic mass is 10.1. The first kappa shape index (κ1) is 13.5. The lowest BCUT2D eigenvalue weighted by Crippen LogP contribution is -2.41. The molecule has 0 saturated heterocycles. The predicted molar refractivity (Wildman–Crippen MR) is 70.6 cm³/mol. The standard InChI is InChI=1S/C14H20N2O/c1-11(2)10-16-14(17)13(15)9-8-12-6-4-3-5-7-12/h3-7,13H,1,8-10,15H2,2H3,(H,16,17). The fraction of sp³-hybridized carbons (Fsp3) is 0.357. The molecule has 0 radical (unpaired) electrons. The van der Waals surface area contributed by atoms with E-state index in [0.29, 0.717) is 13.0 Å². The number of hydrogen-bond acceptors (Lipinski definition) is 2. The van der Waals surface area contributed by atoms with Crippen molar-refractivity contribution in [3.05, 3.63) is 48.0 Å². The van der Waals surface area contributed by atoms with E-state index in [1.807, 2.05) is 37.3 Å². The highest BCUT2D eigenvalue weighted by molar-refractivity contribution is 5.81. The Morgan fingerprint density at radius 1 is 1.41 bits per heavy atom. The van der Waals surface area contributed by atoms with Crippen LogP contribution in [0, 0.1) is 0 Å². The van der Waals surface area contributed by atoms with Crippen molar-refractivity contribution in [3.8, 4) is 0 Å². The van der Waals surface area contributed by atoms with Crippen LogP contribution >= 0.6 is 0 Å². The Balaban J connectivity index is 2.31. The van der Waals surface area contributed by atoms with Gasteiger partial charge in [-0.25, -0.2) is 0 Å². The van der Waals surface area contributed by atoms with Crippen LogP contribution in [0.2, 0.25) is 0 Å². The molecule has 0 fully saturated rings. The van der Waals surface area contributed by atoms with Gasteiger partial charge in [0.15, 0.2) is 0 Å². The van der Waals surface area contributed by atoms with E-state index in [2.05, 4.69) is 11.9 Å². The molecule has 0 saturated carbocycles. The average Bonchev–Trinajstić information content (AvgIpc) is 2.34. The van der Waals surface area contributed by atoms with Gasteiger partial charge in [-0.1, -0.05) is 42.5 Å². The summed E-state index contributed by atoms with van der Waals surface area (Å²) in [5.74, 6) is -0.107. The largest absolute Gasteiger partial charge is 0.351 e. The van der Waals surface area contributed by atoms with Crippen molar-refractivity contribution >= 4 is 5.91 Å². The Labute approximate surface area is 103 Å². The van der Waals surface area contributed by atoms with Crippen LogP contribution in [0.15, 0.2) is 42.5 Å². The van der Waals surface area contributed by atoms with Crippen molar-refractivity contribution in [2.45, 2.75) is 25.8 Å². The van der Waals surface area contributed by atoms with Gasteiger partial charge >= 0.3 is 0 Å². The van der Waals surface area contributed by atoms with Crippen LogP contribution in [0.3, 0.4) is 0 Å². The van der Waals surface area contributed by atoms with E-state index in [9.17, 15) is 4.79 Å². The van der Waals surface area contributed by atoms with Gasteiger partial charge in [-0.2, -0.15) is 0 Å². The first-order valence-electron chi connectivity index (χ1n) is 5.81. The van der Waals surface area contributed by atoms with Crippen LogP contribution in [0.5, 0.6) is 0 Å². The molecule has 1 unspecified atom stereocenters. The van der Waals surface area contributed by atoms with E-state index in [1.54, 1.807) is 0 Å². The highest BCUT2D eigenvalue weighted by Crippen LogP contribution is 2.04. The van der Waals surface area contributed by atoms with Crippen molar-refractivity contribution in [1.82, 2.24) is 5.32 Å². The molecule has 3 heteroatoms. The van der Waals surface area contributed by atoms with E-state index >= 15 is 0 Å². The first-order valence-corrected chi connectivity index (χ1v) is 5.81. The van der Waals surface area contributed by atoms with Gasteiger partial charge in [0.25, 0.3) is 0 Å². The van der Waals surface area contributed by atoms with Crippen LogP contribution < -0.4 is 11.1 Å². The van der Waals surface area contributed by atoms with Crippen molar-refractivity contribution in [3.63, 3.8) is 0 Å². The van der Waals surface area contributed by atoms with E-state index in [1.165, 1.54) is 5.56 Å². The van der Waals surface area contributed by atoms with Crippen molar-refractivity contribution in [2.75, 3.05) is 6.54 Å². The molecule has 92 valence electrons. The minimum absolute atomic E-state index is 0.107. The first-order chi connectivity index (χ1) is 8.09. The third-order valence-corrected chi connectivity index (χ3v) is 2.49. The van der Waals surface area contributed by atoms with Crippen LogP contribution in [-0.4, -0.2) is 18.5 Å². The molecule has 0 heterocycles. The SMILES string of the molecule is C=C(C)CNC(=O)C(N)CCc1ccccc1. The second kappa shape index (κ2) is 6.86. The summed E-state index contributed by atoms with van der Waals surface area (Å²) in [6, 6.07) is 9.58. The Morgan fingerprint density at radius 2 is 2.06 bits per heavy atom. The summed E-state index contributed by atoms with van der Waals surface area (Å²) in [6.45, 7) is 6.09. The van der Waals surface area contributed by atoms with Crippen LogP contribution in [-0.2, 0) is 11.2 Å². The average molecular weight is 232 g/mol. The molecule has 0 aliphatic heterocycles. The maximum absolute atomic E-state index is 11.6. The quantitative estimate of drug-likeness (QED) is 0.733. The topological polar surface area (TPSA) is 55.1 Å². The molecule has 0 bridgehead atoms. The van der Waals surface area contributed by atoms with Gasteiger partial charge in [0, 0.05) is 6.54 Å². The summed E-state index contributed by atoms with van der Waals surface area (Å²) in [5, 5.41) is 2.75. The molecule has 0 aliphatic carbocycles. The normalized spacial score (nSPS) is 11.9. The molecule has 3 N–H and O–H groups in total. The number of benzene rings is 1. The molecule has 0 aliphatic rings. The fourth-order valence-electron chi connectivity index (χ4n) is 1.47. The van der Waals surface area contributed by atoms with E-state index in [0.717, 1.165) is 12.0 Å². The molecular formula is C14H20N2O. The lowest BCUT2D eigenvalue weighted by molar-refractivity contribution is -0.122. The zero-order chi connectivity index (χ0) is 12.7. The van der Waals surface area contributed by atoms with E-state index in [-0.39, 0.29) is 5.91 Å². The molecule has 1 atom stereocenters. The lowest BCUT2D eigenvalue weighted by Gasteiger charge is -2.12. The van der Waals surface area contributed by atoms with Gasteiger partial charge in [0.2, 0.25) is 5.91 Å². The van der Waals surface area contributed by atoms with Gasteiger partial charge in [0.05, 0.1) is 6.04 Å². The number of amides is 1. The van der Waals surface area contributed by atoms with Crippen molar-refractivity contribution < 1.29 is 4.79 Å². The summed E-state index contributed by atoms with van der Waals surface area (Å²) in [7, 11) is 0. The molecular weight excluding hydrogens is 212 g/mol. The molecule has 1 amide bonds. The van der Waals surface area contributed by atoms with Crippen LogP contribution in [0.4, 0.5) is 0 Å². The summed E-state index contributed by atoms with van der Waals surface area (Å²) in [5.41, 5.74) is 7.94. The second-order valence-corrected chi connectivity index (χ2v) is 4.31. The molecule has 1 rings (SSSR count). The third-order valence-electron chi connectivity index (χ3n) is 2.49. The summed E-state index contributed by atoms with van der Waals surface area (Å²) in [4.78, 5) is 11.6. The molecule has 3 nitrogen and oxygen atoms in total. The Kier molecular flexibility index (Phi) is 5.43. The fourth-order valence-corrected chi connectivity index (χ4v) is 1.47. The smallest absolute Gasteiger partial charge is 0.237 e. The second-order valence-electron chi connectivity index (χ2n) is 4.31. The highest BCUT2D eigenvalue weighted by atomic mass is 16.2. The van der Waals surface area contributed by atoms with Gasteiger partial charge < -0.3 is 11.1 Å². The number of carbonyl (C=O) groups is 1. The van der Waals surface area contributed by atoms with Crippen molar-refractivity contribution in [1.29, 1.82) is 0 Å². The molecule has 0 spiro atoms. The maximum atomic E-state index is 11.6. The minimum Gasteiger partial charge on any atom is -0.351 e. The molecule has 17 heavy (non-hydrogen) atoms. The highest BCUT2D eigenvalue weighted by Gasteiger charge is 2.12. The number of aryl methyl sites for hydroxylation is 1. The third kappa shape index (κ3) is 5.31. The zero-order valence-electron chi connectivity index (χ0n) is 10.3. The summed E-state index contributed by atoms with van der Waals surface area (Å²) < 4.78 is 0. The minimum atomic E-state index is -0.449. The number of rotatable bonds is 6. The van der Waals surface area contributed by atoms with Gasteiger partial charge in [-0.05, 0) is 25.3 Å². The Morgan fingerprint density at radius 3 is 2.65 bits per heavy atom. The van der Waals surface area contributed by atoms with E-state index < -0.39 is 6.04 Å². The van der Waals surface area contributed by atoms with Crippen LogP contribution in [0.25, 0.3) is 0 Å². The van der Waals surface area contributed by atoms with Gasteiger partial charge in [-0.15, -0.1) is 0 Å². The Hall–Kier alpha value is -1.61.